The summed E-state index contributed by atoms with van der Waals surface area (Å²) in [6.07, 6.45) is 1.81. The molecule has 0 bridgehead atoms. The fourth-order valence-electron chi connectivity index (χ4n) is 3.30. The molecule has 1 N–H and O–H groups in total. The van der Waals surface area contributed by atoms with Gasteiger partial charge in [0.05, 0.1) is 11.3 Å². The van der Waals surface area contributed by atoms with E-state index in [0.29, 0.717) is 23.4 Å². The lowest BCUT2D eigenvalue weighted by atomic mass is 10.0. The van der Waals surface area contributed by atoms with Crippen LogP contribution in [0.25, 0.3) is 0 Å². The maximum atomic E-state index is 13.8. The summed E-state index contributed by atoms with van der Waals surface area (Å²) in [6.45, 7) is 3.86. The molecule has 0 aromatic heterocycles. The Morgan fingerprint density at radius 2 is 2.00 bits per heavy atom. The first-order valence-corrected chi connectivity index (χ1v) is 8.84. The van der Waals surface area contributed by atoms with E-state index in [4.69, 9.17) is 0 Å². The molecule has 0 aliphatic carbocycles. The Hall–Kier alpha value is -2.71. The van der Waals surface area contributed by atoms with E-state index in [1.54, 1.807) is 24.3 Å². The van der Waals surface area contributed by atoms with Gasteiger partial charge in [0.1, 0.15) is 11.9 Å². The van der Waals surface area contributed by atoms with Crippen LogP contribution in [0, 0.1) is 17.1 Å². The van der Waals surface area contributed by atoms with Crippen LogP contribution < -0.4 is 5.32 Å². The molecule has 0 atom stereocenters. The highest BCUT2D eigenvalue weighted by molar-refractivity contribution is 5.95. The van der Waals surface area contributed by atoms with Gasteiger partial charge in [0.15, 0.2) is 5.78 Å². The van der Waals surface area contributed by atoms with Crippen molar-refractivity contribution in [2.75, 3.05) is 18.4 Å². The highest BCUT2D eigenvalue weighted by Gasteiger charge is 2.21. The van der Waals surface area contributed by atoms with Gasteiger partial charge in [-0.1, -0.05) is 18.2 Å². The van der Waals surface area contributed by atoms with Crippen LogP contribution in [0.5, 0.6) is 0 Å². The summed E-state index contributed by atoms with van der Waals surface area (Å²) < 4.78 is 13.8. The van der Waals surface area contributed by atoms with E-state index >= 15 is 0 Å². The van der Waals surface area contributed by atoms with Crippen LogP contribution in [-0.2, 0) is 6.54 Å². The number of hydrogen-bond donors (Lipinski definition) is 1. The second kappa shape index (κ2) is 8.11. The zero-order valence-electron chi connectivity index (χ0n) is 14.8. The predicted molar refractivity (Wildman–Crippen MR) is 99.5 cm³/mol. The number of benzene rings is 2. The van der Waals surface area contributed by atoms with E-state index in [2.05, 4.69) is 16.3 Å². The molecule has 134 valence electrons. The van der Waals surface area contributed by atoms with Crippen LogP contribution in [0.2, 0.25) is 0 Å². The highest BCUT2D eigenvalue weighted by Crippen LogP contribution is 2.23. The second-order valence-electron chi connectivity index (χ2n) is 6.71. The topological polar surface area (TPSA) is 56.1 Å². The molecule has 1 saturated heterocycles. The Morgan fingerprint density at radius 1 is 1.27 bits per heavy atom. The number of carbonyl (C=O) groups is 1. The van der Waals surface area contributed by atoms with Gasteiger partial charge in [0, 0.05) is 36.8 Å². The number of rotatable bonds is 5. The third-order valence-corrected chi connectivity index (χ3v) is 4.85. The summed E-state index contributed by atoms with van der Waals surface area (Å²) in [5, 5.41) is 12.7. The molecule has 1 aliphatic heterocycles. The van der Waals surface area contributed by atoms with Crippen molar-refractivity contribution in [3.05, 3.63) is 65.0 Å². The predicted octanol–water partition coefficient (Wildman–Crippen LogP) is 3.98. The Balaban J connectivity index is 1.61. The van der Waals surface area contributed by atoms with E-state index < -0.39 is 0 Å². The molecule has 2 aromatic carbocycles. The zero-order chi connectivity index (χ0) is 18.5. The quantitative estimate of drug-likeness (QED) is 0.828. The van der Waals surface area contributed by atoms with Crippen LogP contribution in [0.3, 0.4) is 0 Å². The van der Waals surface area contributed by atoms with Gasteiger partial charge in [0.2, 0.25) is 0 Å². The molecular weight excluding hydrogens is 329 g/mol. The number of hydrogen-bond acceptors (Lipinski definition) is 4. The average Bonchev–Trinajstić information content (AvgIpc) is 2.65. The number of halogens is 1. The molecule has 5 heteroatoms. The Bertz CT molecular complexity index is 835. The summed E-state index contributed by atoms with van der Waals surface area (Å²) in [4.78, 5) is 13.8. The monoisotopic (exact) mass is 351 g/mol. The molecule has 1 aliphatic rings. The lowest BCUT2D eigenvalue weighted by Gasteiger charge is -2.33. The van der Waals surface area contributed by atoms with Gasteiger partial charge in [-0.2, -0.15) is 5.26 Å². The number of likely N-dealkylation sites (tertiary alicyclic amines) is 1. The van der Waals surface area contributed by atoms with Gasteiger partial charge in [-0.3, -0.25) is 9.69 Å². The van der Waals surface area contributed by atoms with Crippen molar-refractivity contribution in [2.45, 2.75) is 32.4 Å². The normalized spacial score (nSPS) is 15.4. The molecule has 0 radical (unpaired) electrons. The molecule has 1 fully saturated rings. The lowest BCUT2D eigenvalue weighted by Crippen LogP contribution is -2.39. The van der Waals surface area contributed by atoms with E-state index in [1.807, 2.05) is 12.1 Å². The number of nitriles is 1. The molecule has 26 heavy (non-hydrogen) atoms. The number of anilines is 1. The van der Waals surface area contributed by atoms with Crippen molar-refractivity contribution >= 4 is 11.5 Å². The van der Waals surface area contributed by atoms with Gasteiger partial charge in [-0.15, -0.1) is 0 Å². The van der Waals surface area contributed by atoms with Gasteiger partial charge in [-0.25, -0.2) is 4.39 Å². The minimum Gasteiger partial charge on any atom is -0.381 e. The smallest absolute Gasteiger partial charge is 0.159 e. The molecule has 0 unspecified atom stereocenters. The number of nitrogens with one attached hydrogen (secondary N) is 1. The van der Waals surface area contributed by atoms with Crippen molar-refractivity contribution in [2.24, 2.45) is 0 Å². The maximum absolute atomic E-state index is 13.8. The van der Waals surface area contributed by atoms with Crippen molar-refractivity contribution in [1.29, 1.82) is 5.26 Å². The van der Waals surface area contributed by atoms with Crippen molar-refractivity contribution in [3.63, 3.8) is 0 Å². The van der Waals surface area contributed by atoms with Gasteiger partial charge >= 0.3 is 0 Å². The van der Waals surface area contributed by atoms with Gasteiger partial charge < -0.3 is 5.32 Å². The van der Waals surface area contributed by atoms with Crippen LogP contribution in [0.4, 0.5) is 10.1 Å². The third-order valence-electron chi connectivity index (χ3n) is 4.85. The standard InChI is InChI=1S/C21H22FN3O/c1-15(26)16-6-7-17(13-23)21(12-16)24-19-8-10-25(11-9-19)14-18-4-2-3-5-20(18)22/h2-7,12,19,24H,8-11,14H2,1H3. The molecule has 1 heterocycles. The Morgan fingerprint density at radius 3 is 2.65 bits per heavy atom. The molecular formula is C21H22FN3O. The number of piperidine rings is 1. The minimum absolute atomic E-state index is 0.0164. The SMILES string of the molecule is CC(=O)c1ccc(C#N)c(NC2CCN(Cc3ccccc3F)CC2)c1. The van der Waals surface area contributed by atoms with E-state index in [1.165, 1.54) is 13.0 Å². The lowest BCUT2D eigenvalue weighted by molar-refractivity contribution is 0.101. The number of carbonyl (C=O) groups excluding carboxylic acids is 1. The number of Topliss-reactive ketones (excluding diaryl/α,β-unsaturated/α-hetero) is 1. The second-order valence-corrected chi connectivity index (χ2v) is 6.71. The van der Waals surface area contributed by atoms with Crippen molar-refractivity contribution in [1.82, 2.24) is 4.90 Å². The first-order chi connectivity index (χ1) is 12.6. The van der Waals surface area contributed by atoms with Crippen LogP contribution in [0.1, 0.15) is 41.3 Å². The Labute approximate surface area is 153 Å². The summed E-state index contributed by atoms with van der Waals surface area (Å²) in [7, 11) is 0. The van der Waals surface area contributed by atoms with Crippen molar-refractivity contribution in [3.8, 4) is 6.07 Å². The van der Waals surface area contributed by atoms with Crippen LogP contribution >= 0.6 is 0 Å². The average molecular weight is 351 g/mol. The maximum Gasteiger partial charge on any atom is 0.159 e. The summed E-state index contributed by atoms with van der Waals surface area (Å²) in [5.41, 5.74) is 2.58. The summed E-state index contributed by atoms with van der Waals surface area (Å²) >= 11 is 0. The highest BCUT2D eigenvalue weighted by atomic mass is 19.1. The van der Waals surface area contributed by atoms with E-state index in [-0.39, 0.29) is 17.6 Å². The molecule has 4 nitrogen and oxygen atoms in total. The van der Waals surface area contributed by atoms with Gasteiger partial charge in [0.25, 0.3) is 0 Å². The first kappa shape index (κ1) is 18.1. The number of nitrogens with zero attached hydrogens (tertiary/aromatic N) is 2. The number of ketones is 1. The van der Waals surface area contributed by atoms with E-state index in [9.17, 15) is 14.4 Å². The summed E-state index contributed by atoms with van der Waals surface area (Å²) in [5.74, 6) is -0.176. The molecule has 0 spiro atoms. The molecule has 3 rings (SSSR count). The van der Waals surface area contributed by atoms with Crippen molar-refractivity contribution < 1.29 is 9.18 Å². The first-order valence-electron chi connectivity index (χ1n) is 8.84. The molecule has 2 aromatic rings. The minimum atomic E-state index is -0.160. The molecule has 0 saturated carbocycles. The van der Waals surface area contributed by atoms with Crippen LogP contribution in [-0.4, -0.2) is 29.8 Å². The fraction of sp³-hybridized carbons (Fsp3) is 0.333. The molecule has 0 amide bonds. The Kier molecular flexibility index (Phi) is 5.65. The van der Waals surface area contributed by atoms with E-state index in [0.717, 1.165) is 31.5 Å². The van der Waals surface area contributed by atoms with Crippen LogP contribution in [0.15, 0.2) is 42.5 Å². The third kappa shape index (κ3) is 4.27. The zero-order valence-corrected chi connectivity index (χ0v) is 14.8. The largest absolute Gasteiger partial charge is 0.381 e. The fourth-order valence-corrected chi connectivity index (χ4v) is 3.30. The van der Waals surface area contributed by atoms with Gasteiger partial charge in [-0.05, 0) is 44.0 Å². The summed E-state index contributed by atoms with van der Waals surface area (Å²) in [6, 6.07) is 14.4.